The molecule has 4 heteroatoms. The summed E-state index contributed by atoms with van der Waals surface area (Å²) < 4.78 is 1.87. The fourth-order valence-corrected chi connectivity index (χ4v) is 1.85. The Labute approximate surface area is 78.3 Å². The summed E-state index contributed by atoms with van der Waals surface area (Å²) in [4.78, 5) is 2.44. The van der Waals surface area contributed by atoms with Crippen LogP contribution in [0.2, 0.25) is 0 Å². The van der Waals surface area contributed by atoms with E-state index in [-0.39, 0.29) is 0 Å². The van der Waals surface area contributed by atoms with Gasteiger partial charge in [-0.05, 0) is 25.9 Å². The Bertz CT molecular complexity index is 286. The molecule has 0 aromatic carbocycles. The molecule has 0 bridgehead atoms. The van der Waals surface area contributed by atoms with Gasteiger partial charge in [-0.1, -0.05) is 0 Å². The third-order valence-electron chi connectivity index (χ3n) is 2.58. The van der Waals surface area contributed by atoms with Crippen molar-refractivity contribution in [3.63, 3.8) is 0 Å². The van der Waals surface area contributed by atoms with Crippen molar-refractivity contribution in [2.24, 2.45) is 7.05 Å². The van der Waals surface area contributed by atoms with E-state index in [0.29, 0.717) is 5.82 Å². The number of hydrogen-bond acceptors (Lipinski definition) is 3. The number of likely N-dealkylation sites (tertiary alicyclic amines) is 1. The van der Waals surface area contributed by atoms with Crippen LogP contribution in [-0.2, 0) is 13.6 Å². The van der Waals surface area contributed by atoms with E-state index in [9.17, 15) is 0 Å². The lowest BCUT2D eigenvalue weighted by Gasteiger charge is -2.13. The first-order chi connectivity index (χ1) is 6.25. The first kappa shape index (κ1) is 8.56. The Morgan fingerprint density at radius 2 is 2.15 bits per heavy atom. The van der Waals surface area contributed by atoms with Gasteiger partial charge in [0.1, 0.15) is 5.82 Å². The van der Waals surface area contributed by atoms with Gasteiger partial charge in [-0.2, -0.15) is 5.10 Å². The minimum Gasteiger partial charge on any atom is -0.382 e. The number of aromatic nitrogens is 2. The van der Waals surface area contributed by atoms with Gasteiger partial charge in [0.15, 0.2) is 0 Å². The van der Waals surface area contributed by atoms with Crippen LogP contribution in [0.1, 0.15) is 18.5 Å². The standard InChI is InChI=1S/C9H16N4/c1-12-8(6-9(10)11-12)7-13-4-2-3-5-13/h6H,2-5,7H2,1H3,(H2,10,11). The van der Waals surface area contributed by atoms with E-state index in [0.717, 1.165) is 6.54 Å². The number of nitrogens with two attached hydrogens (primary N) is 1. The van der Waals surface area contributed by atoms with Crippen LogP contribution in [0.25, 0.3) is 0 Å². The lowest BCUT2D eigenvalue weighted by atomic mass is 10.4. The van der Waals surface area contributed by atoms with Crippen LogP contribution in [0.3, 0.4) is 0 Å². The monoisotopic (exact) mass is 180 g/mol. The van der Waals surface area contributed by atoms with Gasteiger partial charge in [0, 0.05) is 19.7 Å². The fourth-order valence-electron chi connectivity index (χ4n) is 1.85. The van der Waals surface area contributed by atoms with Crippen molar-refractivity contribution in [1.82, 2.24) is 14.7 Å². The Morgan fingerprint density at radius 1 is 1.46 bits per heavy atom. The van der Waals surface area contributed by atoms with Crippen LogP contribution in [0.5, 0.6) is 0 Å². The molecule has 1 aliphatic heterocycles. The second-order valence-corrected chi connectivity index (χ2v) is 3.67. The van der Waals surface area contributed by atoms with Gasteiger partial charge in [-0.15, -0.1) is 0 Å². The topological polar surface area (TPSA) is 47.1 Å². The zero-order valence-electron chi connectivity index (χ0n) is 8.03. The van der Waals surface area contributed by atoms with E-state index in [1.807, 2.05) is 17.8 Å². The molecule has 1 fully saturated rings. The molecule has 0 aliphatic carbocycles. The maximum atomic E-state index is 5.60. The summed E-state index contributed by atoms with van der Waals surface area (Å²) in [5, 5.41) is 4.12. The molecule has 2 N–H and O–H groups in total. The van der Waals surface area contributed by atoms with Crippen molar-refractivity contribution in [1.29, 1.82) is 0 Å². The van der Waals surface area contributed by atoms with Crippen LogP contribution in [0.4, 0.5) is 5.82 Å². The molecule has 0 spiro atoms. The number of nitrogen functional groups attached to an aromatic ring is 1. The first-order valence-electron chi connectivity index (χ1n) is 4.76. The van der Waals surface area contributed by atoms with Crippen LogP contribution in [0.15, 0.2) is 6.07 Å². The van der Waals surface area contributed by atoms with Gasteiger partial charge in [0.05, 0.1) is 5.69 Å². The molecule has 1 saturated heterocycles. The van der Waals surface area contributed by atoms with E-state index in [2.05, 4.69) is 10.00 Å². The maximum absolute atomic E-state index is 5.60. The minimum atomic E-state index is 0.622. The third kappa shape index (κ3) is 1.83. The predicted molar refractivity (Wildman–Crippen MR) is 52.1 cm³/mol. The van der Waals surface area contributed by atoms with Gasteiger partial charge in [-0.3, -0.25) is 9.58 Å². The Kier molecular flexibility index (Phi) is 2.22. The number of aryl methyl sites for hydroxylation is 1. The highest BCUT2D eigenvalue weighted by atomic mass is 15.3. The molecule has 2 heterocycles. The molecule has 0 amide bonds. The van der Waals surface area contributed by atoms with E-state index in [4.69, 9.17) is 5.73 Å². The SMILES string of the molecule is Cn1nc(N)cc1CN1CCCC1. The van der Waals surface area contributed by atoms with Gasteiger partial charge in [0.25, 0.3) is 0 Å². The number of rotatable bonds is 2. The van der Waals surface area contributed by atoms with Crippen molar-refractivity contribution in [2.75, 3.05) is 18.8 Å². The highest BCUT2D eigenvalue weighted by Crippen LogP contribution is 2.13. The fraction of sp³-hybridized carbons (Fsp3) is 0.667. The Balaban J connectivity index is 2.03. The van der Waals surface area contributed by atoms with Gasteiger partial charge >= 0.3 is 0 Å². The minimum absolute atomic E-state index is 0.622. The average molecular weight is 180 g/mol. The van der Waals surface area contributed by atoms with Gasteiger partial charge in [0.2, 0.25) is 0 Å². The molecule has 1 aliphatic rings. The third-order valence-corrected chi connectivity index (χ3v) is 2.58. The maximum Gasteiger partial charge on any atom is 0.145 e. The molecule has 1 aromatic heterocycles. The van der Waals surface area contributed by atoms with Crippen LogP contribution >= 0.6 is 0 Å². The summed E-state index contributed by atoms with van der Waals surface area (Å²) in [6, 6.07) is 1.96. The van der Waals surface area contributed by atoms with Crippen LogP contribution in [0, 0.1) is 0 Å². The summed E-state index contributed by atoms with van der Waals surface area (Å²) in [7, 11) is 1.95. The van der Waals surface area contributed by atoms with Crippen molar-refractivity contribution in [3.8, 4) is 0 Å². The molecule has 0 saturated carbocycles. The first-order valence-corrected chi connectivity index (χ1v) is 4.76. The predicted octanol–water partition coefficient (Wildman–Crippen LogP) is 0.598. The van der Waals surface area contributed by atoms with Gasteiger partial charge in [-0.25, -0.2) is 0 Å². The molecule has 0 atom stereocenters. The molecule has 13 heavy (non-hydrogen) atoms. The molecular weight excluding hydrogens is 164 g/mol. The van der Waals surface area contributed by atoms with Gasteiger partial charge < -0.3 is 5.73 Å². The summed E-state index contributed by atoms with van der Waals surface area (Å²) in [6.07, 6.45) is 2.65. The molecule has 4 nitrogen and oxygen atoms in total. The second-order valence-electron chi connectivity index (χ2n) is 3.67. The number of hydrogen-bond donors (Lipinski definition) is 1. The van der Waals surface area contributed by atoms with Crippen molar-refractivity contribution in [2.45, 2.75) is 19.4 Å². The largest absolute Gasteiger partial charge is 0.382 e. The highest BCUT2D eigenvalue weighted by Gasteiger charge is 2.13. The quantitative estimate of drug-likeness (QED) is 0.725. The molecule has 1 aromatic rings. The number of nitrogens with zero attached hydrogens (tertiary/aromatic N) is 3. The highest BCUT2D eigenvalue weighted by molar-refractivity contribution is 5.29. The lowest BCUT2D eigenvalue weighted by Crippen LogP contribution is -2.20. The van der Waals surface area contributed by atoms with Crippen molar-refractivity contribution >= 4 is 5.82 Å². The Hall–Kier alpha value is -1.03. The summed E-state index contributed by atoms with van der Waals surface area (Å²) in [5.41, 5.74) is 6.81. The second kappa shape index (κ2) is 3.38. The van der Waals surface area contributed by atoms with E-state index < -0.39 is 0 Å². The lowest BCUT2D eigenvalue weighted by molar-refractivity contribution is 0.321. The summed E-state index contributed by atoms with van der Waals surface area (Å²) >= 11 is 0. The summed E-state index contributed by atoms with van der Waals surface area (Å²) in [6.45, 7) is 3.41. The molecule has 0 radical (unpaired) electrons. The average Bonchev–Trinajstić information content (AvgIpc) is 2.63. The normalized spacial score (nSPS) is 18.2. The van der Waals surface area contributed by atoms with Crippen molar-refractivity contribution in [3.05, 3.63) is 11.8 Å². The van der Waals surface area contributed by atoms with E-state index in [1.54, 1.807) is 0 Å². The smallest absolute Gasteiger partial charge is 0.145 e. The van der Waals surface area contributed by atoms with Crippen LogP contribution < -0.4 is 5.73 Å². The van der Waals surface area contributed by atoms with E-state index >= 15 is 0 Å². The van der Waals surface area contributed by atoms with Crippen LogP contribution in [-0.4, -0.2) is 27.8 Å². The van der Waals surface area contributed by atoms with E-state index in [1.165, 1.54) is 31.6 Å². The summed E-state index contributed by atoms with van der Waals surface area (Å²) in [5.74, 6) is 0.622. The molecular formula is C9H16N4. The van der Waals surface area contributed by atoms with Crippen molar-refractivity contribution < 1.29 is 0 Å². The number of anilines is 1. The zero-order chi connectivity index (χ0) is 9.26. The molecule has 0 unspecified atom stereocenters. The molecule has 2 rings (SSSR count). The zero-order valence-corrected chi connectivity index (χ0v) is 8.03. The Morgan fingerprint density at radius 3 is 2.69 bits per heavy atom. The molecule has 72 valence electrons.